The first-order valence-electron chi connectivity index (χ1n) is 10.4. The summed E-state index contributed by atoms with van der Waals surface area (Å²) in [6, 6.07) is 5.25. The number of hydrogen-bond donors (Lipinski definition) is 3. The van der Waals surface area contributed by atoms with Crippen molar-refractivity contribution in [2.75, 3.05) is 6.54 Å². The number of carbonyl (C=O) groups excluding carboxylic acids is 1. The van der Waals surface area contributed by atoms with Crippen LogP contribution in [0.15, 0.2) is 24.4 Å². The second-order valence-corrected chi connectivity index (χ2v) is 9.65. The number of fused-ring (bicyclic) bond motifs is 1. The highest BCUT2D eigenvalue weighted by molar-refractivity contribution is 5.68. The molecule has 2 aromatic rings. The number of pyridine rings is 1. The first-order valence-corrected chi connectivity index (χ1v) is 10.4. The van der Waals surface area contributed by atoms with Crippen molar-refractivity contribution in [2.45, 2.75) is 72.7 Å². The Bertz CT molecular complexity index is 911. The minimum atomic E-state index is -1.04. The number of carbonyl (C=O) groups is 2. The van der Waals surface area contributed by atoms with E-state index in [4.69, 9.17) is 10.5 Å². The third kappa shape index (κ3) is 6.58. The third-order valence-corrected chi connectivity index (χ3v) is 4.93. The van der Waals surface area contributed by atoms with Gasteiger partial charge >= 0.3 is 12.2 Å². The molecule has 0 fully saturated rings. The van der Waals surface area contributed by atoms with E-state index in [0.717, 1.165) is 11.3 Å². The molecule has 0 aliphatic heterocycles. The van der Waals surface area contributed by atoms with Crippen molar-refractivity contribution in [2.24, 2.45) is 11.1 Å². The maximum Gasteiger partial charge on any atom is 0.407 e. The Morgan fingerprint density at radius 3 is 2.48 bits per heavy atom. The lowest BCUT2D eigenvalue weighted by molar-refractivity contribution is 0.0498. The minimum absolute atomic E-state index is 0.140. The van der Waals surface area contributed by atoms with Crippen molar-refractivity contribution in [1.82, 2.24) is 19.6 Å². The monoisotopic (exact) mass is 433 g/mol. The number of carboxylic acid groups (broad SMARTS) is 1. The molecule has 2 heterocycles. The molecule has 1 unspecified atom stereocenters. The Morgan fingerprint density at radius 1 is 1.26 bits per heavy atom. The predicted molar refractivity (Wildman–Crippen MR) is 119 cm³/mol. The van der Waals surface area contributed by atoms with E-state index in [-0.39, 0.29) is 31.1 Å². The SMILES string of the molecule is CC(C)(C)OC(=O)NCCC(N(Cc1c(CN)nc2ccccn12)C(=O)O)C(C)(C)C. The number of ether oxygens (including phenoxy) is 1. The number of imidazole rings is 1. The normalized spacial score (nSPS) is 13.1. The lowest BCUT2D eigenvalue weighted by Crippen LogP contribution is -2.48. The van der Waals surface area contributed by atoms with Gasteiger partial charge in [0, 0.05) is 25.3 Å². The van der Waals surface area contributed by atoms with Crippen LogP contribution < -0.4 is 11.1 Å². The Kier molecular flexibility index (Phi) is 7.54. The van der Waals surface area contributed by atoms with Gasteiger partial charge < -0.3 is 25.3 Å². The molecule has 4 N–H and O–H groups in total. The number of amides is 2. The predicted octanol–water partition coefficient (Wildman–Crippen LogP) is 3.60. The van der Waals surface area contributed by atoms with Crippen LogP contribution in [0.1, 0.15) is 59.4 Å². The number of hydrogen-bond acceptors (Lipinski definition) is 5. The summed E-state index contributed by atoms with van der Waals surface area (Å²) in [5.74, 6) is 0. The highest BCUT2D eigenvalue weighted by Crippen LogP contribution is 2.29. The van der Waals surface area contributed by atoms with E-state index < -0.39 is 17.8 Å². The zero-order chi connectivity index (χ0) is 23.4. The lowest BCUT2D eigenvalue weighted by Gasteiger charge is -2.39. The van der Waals surface area contributed by atoms with Gasteiger partial charge in [0.25, 0.3) is 0 Å². The molecule has 1 atom stereocenters. The number of aromatic nitrogens is 2. The molecule has 0 radical (unpaired) electrons. The van der Waals surface area contributed by atoms with Crippen LogP contribution in [0.25, 0.3) is 5.65 Å². The Labute approximate surface area is 183 Å². The maximum absolute atomic E-state index is 12.3. The minimum Gasteiger partial charge on any atom is -0.465 e. The van der Waals surface area contributed by atoms with Crippen molar-refractivity contribution in [3.8, 4) is 0 Å². The molecule has 0 aliphatic carbocycles. The number of nitrogens with two attached hydrogens (primary N) is 1. The standard InChI is InChI=1S/C22H35N5O4/c1-21(2,3)17(10-11-24-19(28)31-22(4,5)6)27(20(29)30)14-16-15(13-23)25-18-9-7-8-12-26(16)18/h7-9,12,17H,10-11,13-14,23H2,1-6H3,(H,24,28)(H,29,30). The van der Waals surface area contributed by atoms with Gasteiger partial charge in [-0.2, -0.15) is 0 Å². The van der Waals surface area contributed by atoms with Crippen molar-refractivity contribution in [3.05, 3.63) is 35.8 Å². The van der Waals surface area contributed by atoms with Crippen LogP contribution in [-0.4, -0.2) is 49.8 Å². The summed E-state index contributed by atoms with van der Waals surface area (Å²) in [5.41, 5.74) is 7.06. The van der Waals surface area contributed by atoms with Crippen LogP contribution >= 0.6 is 0 Å². The third-order valence-electron chi connectivity index (χ3n) is 4.93. The van der Waals surface area contributed by atoms with Gasteiger partial charge in [0.05, 0.1) is 17.9 Å². The Balaban J connectivity index is 2.25. The second-order valence-electron chi connectivity index (χ2n) is 9.65. The van der Waals surface area contributed by atoms with E-state index in [1.165, 1.54) is 4.90 Å². The van der Waals surface area contributed by atoms with Crippen molar-refractivity contribution in [3.63, 3.8) is 0 Å². The van der Waals surface area contributed by atoms with E-state index >= 15 is 0 Å². The largest absolute Gasteiger partial charge is 0.465 e. The molecule has 0 aliphatic rings. The summed E-state index contributed by atoms with van der Waals surface area (Å²) >= 11 is 0. The fourth-order valence-electron chi connectivity index (χ4n) is 3.58. The fraction of sp³-hybridized carbons (Fsp3) is 0.591. The van der Waals surface area contributed by atoms with Crippen LogP contribution in [0, 0.1) is 5.41 Å². The molecule has 2 amide bonds. The quantitative estimate of drug-likeness (QED) is 0.613. The highest BCUT2D eigenvalue weighted by atomic mass is 16.6. The molecule has 0 bridgehead atoms. The molecule has 9 heteroatoms. The number of nitrogens with zero attached hydrogens (tertiary/aromatic N) is 3. The maximum atomic E-state index is 12.3. The van der Waals surface area contributed by atoms with Crippen molar-refractivity contribution < 1.29 is 19.4 Å². The van der Waals surface area contributed by atoms with Gasteiger partial charge in [-0.05, 0) is 44.7 Å². The Morgan fingerprint density at radius 2 is 1.94 bits per heavy atom. The van der Waals surface area contributed by atoms with Crippen molar-refractivity contribution in [1.29, 1.82) is 0 Å². The zero-order valence-electron chi connectivity index (χ0n) is 19.3. The first kappa shape index (κ1) is 24.5. The van der Waals surface area contributed by atoms with Gasteiger partial charge in [0.1, 0.15) is 11.2 Å². The van der Waals surface area contributed by atoms with Crippen LogP contribution in [0.4, 0.5) is 9.59 Å². The summed E-state index contributed by atoms with van der Waals surface area (Å²) in [6.45, 7) is 12.0. The molecule has 2 rings (SSSR count). The zero-order valence-corrected chi connectivity index (χ0v) is 19.3. The second kappa shape index (κ2) is 9.55. The fourth-order valence-corrected chi connectivity index (χ4v) is 3.58. The van der Waals surface area contributed by atoms with Crippen LogP contribution in [0.3, 0.4) is 0 Å². The first-order chi connectivity index (χ1) is 14.3. The summed E-state index contributed by atoms with van der Waals surface area (Å²) in [4.78, 5) is 30.2. The van der Waals surface area contributed by atoms with Gasteiger partial charge in [0.2, 0.25) is 0 Å². The molecule has 31 heavy (non-hydrogen) atoms. The molecule has 9 nitrogen and oxygen atoms in total. The summed E-state index contributed by atoms with van der Waals surface area (Å²) in [7, 11) is 0. The van der Waals surface area contributed by atoms with Crippen LogP contribution in [0.5, 0.6) is 0 Å². The van der Waals surface area contributed by atoms with E-state index in [1.807, 2.05) is 49.6 Å². The van der Waals surface area contributed by atoms with Gasteiger partial charge in [-0.25, -0.2) is 14.6 Å². The number of alkyl carbamates (subject to hydrolysis) is 1. The smallest absolute Gasteiger partial charge is 0.407 e. The summed E-state index contributed by atoms with van der Waals surface area (Å²) in [5, 5.41) is 12.8. The number of nitrogens with one attached hydrogen (secondary N) is 1. The molecule has 2 aromatic heterocycles. The van der Waals surface area contributed by atoms with E-state index in [2.05, 4.69) is 10.3 Å². The number of rotatable bonds is 7. The molecule has 172 valence electrons. The van der Waals surface area contributed by atoms with Gasteiger partial charge in [-0.15, -0.1) is 0 Å². The van der Waals surface area contributed by atoms with E-state index in [0.29, 0.717) is 12.1 Å². The van der Waals surface area contributed by atoms with Crippen molar-refractivity contribution >= 4 is 17.8 Å². The molecule has 0 saturated carbocycles. The topological polar surface area (TPSA) is 122 Å². The van der Waals surface area contributed by atoms with E-state index in [1.54, 1.807) is 20.8 Å². The van der Waals surface area contributed by atoms with Gasteiger partial charge in [-0.3, -0.25) is 4.90 Å². The Hall–Kier alpha value is -2.81. The average Bonchev–Trinajstić information content (AvgIpc) is 2.99. The molecule has 0 aromatic carbocycles. The summed E-state index contributed by atoms with van der Waals surface area (Å²) < 4.78 is 7.14. The molecular formula is C22H35N5O4. The lowest BCUT2D eigenvalue weighted by atomic mass is 9.83. The van der Waals surface area contributed by atoms with Crippen LogP contribution in [-0.2, 0) is 17.8 Å². The highest BCUT2D eigenvalue weighted by Gasteiger charge is 2.34. The molecule has 0 spiro atoms. The molecule has 0 saturated heterocycles. The summed E-state index contributed by atoms with van der Waals surface area (Å²) in [6.07, 6.45) is 0.733. The average molecular weight is 434 g/mol. The van der Waals surface area contributed by atoms with E-state index in [9.17, 15) is 14.7 Å². The van der Waals surface area contributed by atoms with Gasteiger partial charge in [-0.1, -0.05) is 26.8 Å². The molecular weight excluding hydrogens is 398 g/mol. The van der Waals surface area contributed by atoms with Gasteiger partial charge in [0.15, 0.2) is 0 Å². The van der Waals surface area contributed by atoms with Crippen LogP contribution in [0.2, 0.25) is 0 Å².